The standard InChI is InChI=1S/C27H35N7O3/c1-19-16-25(32-10-6-5-7-11-32)29-27(28-19)34-14-12-33(13-15-34)26(35)23-18-22(30-31(23)2)21-17-20(36-3)8-9-24(21)37-4/h8-9,16-18H,5-7,10-15H2,1-4H3. The van der Waals surface area contributed by atoms with Gasteiger partial charge in [-0.15, -0.1) is 0 Å². The summed E-state index contributed by atoms with van der Waals surface area (Å²) in [6, 6.07) is 9.44. The molecule has 0 spiro atoms. The van der Waals surface area contributed by atoms with E-state index in [-0.39, 0.29) is 5.91 Å². The van der Waals surface area contributed by atoms with Gasteiger partial charge in [-0.25, -0.2) is 4.98 Å². The molecule has 0 aliphatic carbocycles. The summed E-state index contributed by atoms with van der Waals surface area (Å²) in [7, 11) is 5.03. The molecule has 4 heterocycles. The summed E-state index contributed by atoms with van der Waals surface area (Å²) in [4.78, 5) is 29.5. The second kappa shape index (κ2) is 10.7. The van der Waals surface area contributed by atoms with Crippen molar-refractivity contribution in [1.82, 2.24) is 24.6 Å². The molecule has 3 aromatic rings. The maximum Gasteiger partial charge on any atom is 0.272 e. The third-order valence-electron chi connectivity index (χ3n) is 7.14. The Morgan fingerprint density at radius 2 is 1.62 bits per heavy atom. The van der Waals surface area contributed by atoms with Crippen LogP contribution in [0.4, 0.5) is 11.8 Å². The second-order valence-electron chi connectivity index (χ2n) is 9.60. The van der Waals surface area contributed by atoms with Gasteiger partial charge in [0.25, 0.3) is 5.91 Å². The van der Waals surface area contributed by atoms with E-state index < -0.39 is 0 Å². The Morgan fingerprint density at radius 3 is 2.32 bits per heavy atom. The van der Waals surface area contributed by atoms with Crippen molar-refractivity contribution < 1.29 is 14.3 Å². The van der Waals surface area contributed by atoms with Crippen molar-refractivity contribution in [1.29, 1.82) is 0 Å². The minimum Gasteiger partial charge on any atom is -0.497 e. The molecule has 2 fully saturated rings. The first-order chi connectivity index (χ1) is 18.0. The molecule has 10 heteroatoms. The molecule has 0 saturated carbocycles. The van der Waals surface area contributed by atoms with Gasteiger partial charge in [0.15, 0.2) is 0 Å². The van der Waals surface area contributed by atoms with E-state index in [0.29, 0.717) is 49.1 Å². The molecule has 0 bridgehead atoms. The lowest BCUT2D eigenvalue weighted by Gasteiger charge is -2.35. The van der Waals surface area contributed by atoms with Gasteiger partial charge < -0.3 is 24.2 Å². The highest BCUT2D eigenvalue weighted by atomic mass is 16.5. The van der Waals surface area contributed by atoms with E-state index in [1.54, 1.807) is 25.9 Å². The Balaban J connectivity index is 1.29. The van der Waals surface area contributed by atoms with Crippen LogP contribution in [-0.4, -0.2) is 84.0 Å². The molecule has 0 radical (unpaired) electrons. The number of nitrogens with zero attached hydrogens (tertiary/aromatic N) is 7. The highest BCUT2D eigenvalue weighted by Crippen LogP contribution is 2.33. The van der Waals surface area contributed by atoms with Crippen molar-refractivity contribution in [2.24, 2.45) is 7.05 Å². The van der Waals surface area contributed by atoms with E-state index >= 15 is 0 Å². The molecule has 2 aliphatic heterocycles. The maximum absolute atomic E-state index is 13.5. The maximum atomic E-state index is 13.5. The van der Waals surface area contributed by atoms with E-state index in [1.807, 2.05) is 36.1 Å². The first-order valence-electron chi connectivity index (χ1n) is 12.9. The molecule has 2 aliphatic rings. The van der Waals surface area contributed by atoms with Crippen LogP contribution in [0.25, 0.3) is 11.3 Å². The van der Waals surface area contributed by atoms with Crippen LogP contribution in [0.3, 0.4) is 0 Å². The lowest BCUT2D eigenvalue weighted by atomic mass is 10.1. The molecule has 0 unspecified atom stereocenters. The molecule has 1 aromatic carbocycles. The van der Waals surface area contributed by atoms with Crippen molar-refractivity contribution >= 4 is 17.7 Å². The highest BCUT2D eigenvalue weighted by Gasteiger charge is 2.27. The number of carbonyl (C=O) groups excluding carboxylic acids is 1. The Bertz CT molecular complexity index is 1260. The van der Waals surface area contributed by atoms with E-state index in [0.717, 1.165) is 36.1 Å². The Hall–Kier alpha value is -3.82. The summed E-state index contributed by atoms with van der Waals surface area (Å²) in [5.41, 5.74) is 2.95. The van der Waals surface area contributed by atoms with E-state index in [9.17, 15) is 4.79 Å². The number of amides is 1. The molecule has 5 rings (SSSR count). The lowest BCUT2D eigenvalue weighted by molar-refractivity contribution is 0.0735. The van der Waals surface area contributed by atoms with Crippen LogP contribution in [0, 0.1) is 6.92 Å². The predicted octanol–water partition coefficient (Wildman–Crippen LogP) is 3.16. The summed E-state index contributed by atoms with van der Waals surface area (Å²) >= 11 is 0. The van der Waals surface area contributed by atoms with E-state index in [2.05, 4.69) is 21.0 Å². The fourth-order valence-electron chi connectivity index (χ4n) is 5.05. The van der Waals surface area contributed by atoms with Crippen molar-refractivity contribution in [2.75, 3.05) is 63.3 Å². The monoisotopic (exact) mass is 505 g/mol. The molecular formula is C27H35N7O3. The van der Waals surface area contributed by atoms with Crippen LogP contribution in [0.2, 0.25) is 0 Å². The van der Waals surface area contributed by atoms with Gasteiger partial charge in [-0.1, -0.05) is 0 Å². The Labute approximate surface area is 217 Å². The number of piperazine rings is 1. The number of anilines is 2. The van der Waals surface area contributed by atoms with Crippen LogP contribution in [0.1, 0.15) is 35.4 Å². The number of rotatable bonds is 6. The van der Waals surface area contributed by atoms with Gasteiger partial charge in [0.05, 0.1) is 19.9 Å². The molecule has 37 heavy (non-hydrogen) atoms. The third-order valence-corrected chi connectivity index (χ3v) is 7.14. The van der Waals surface area contributed by atoms with Crippen molar-refractivity contribution in [2.45, 2.75) is 26.2 Å². The minimum atomic E-state index is -0.0399. The number of carbonyl (C=O) groups is 1. The molecule has 0 N–H and O–H groups in total. The number of methoxy groups -OCH3 is 2. The van der Waals surface area contributed by atoms with Crippen LogP contribution < -0.4 is 19.3 Å². The topological polar surface area (TPSA) is 88.9 Å². The predicted molar refractivity (Wildman–Crippen MR) is 143 cm³/mol. The zero-order chi connectivity index (χ0) is 25.9. The number of aryl methyl sites for hydroxylation is 2. The quantitative estimate of drug-likeness (QED) is 0.505. The molecule has 0 atom stereocenters. The van der Waals surface area contributed by atoms with Crippen LogP contribution in [0.5, 0.6) is 11.5 Å². The molecule has 1 amide bonds. The molecule has 2 saturated heterocycles. The van der Waals surface area contributed by atoms with E-state index in [1.165, 1.54) is 19.3 Å². The number of hydrogen-bond donors (Lipinski definition) is 0. The van der Waals surface area contributed by atoms with Gasteiger partial charge in [0.2, 0.25) is 5.95 Å². The van der Waals surface area contributed by atoms with Crippen molar-refractivity contribution in [3.05, 3.63) is 41.7 Å². The highest BCUT2D eigenvalue weighted by molar-refractivity contribution is 5.94. The Kier molecular flexibility index (Phi) is 7.16. The van der Waals surface area contributed by atoms with Gasteiger partial charge in [0, 0.05) is 63.6 Å². The lowest BCUT2D eigenvalue weighted by Crippen LogP contribution is -2.49. The van der Waals surface area contributed by atoms with Gasteiger partial charge >= 0.3 is 0 Å². The average Bonchev–Trinajstić information content (AvgIpc) is 3.33. The first kappa shape index (κ1) is 24.9. The second-order valence-corrected chi connectivity index (χ2v) is 9.60. The largest absolute Gasteiger partial charge is 0.497 e. The van der Waals surface area contributed by atoms with Gasteiger partial charge in [-0.3, -0.25) is 9.48 Å². The Morgan fingerprint density at radius 1 is 0.865 bits per heavy atom. The summed E-state index contributed by atoms with van der Waals surface area (Å²) < 4.78 is 12.5. The van der Waals surface area contributed by atoms with Crippen molar-refractivity contribution in [3.8, 4) is 22.8 Å². The third kappa shape index (κ3) is 5.19. The van der Waals surface area contributed by atoms with Crippen LogP contribution in [0.15, 0.2) is 30.3 Å². The fourth-order valence-corrected chi connectivity index (χ4v) is 5.05. The number of piperidine rings is 1. The SMILES string of the molecule is COc1ccc(OC)c(-c2cc(C(=O)N3CCN(c4nc(C)cc(N5CCCCC5)n4)CC3)n(C)n2)c1. The first-order valence-corrected chi connectivity index (χ1v) is 12.9. The summed E-state index contributed by atoms with van der Waals surface area (Å²) in [6.45, 7) is 6.68. The minimum absolute atomic E-state index is 0.0399. The summed E-state index contributed by atoms with van der Waals surface area (Å²) in [5, 5.41) is 4.61. The molecule has 196 valence electrons. The normalized spacial score (nSPS) is 16.2. The van der Waals surface area contributed by atoms with Gasteiger partial charge in [-0.2, -0.15) is 10.1 Å². The number of aromatic nitrogens is 4. The van der Waals surface area contributed by atoms with Crippen LogP contribution in [-0.2, 0) is 7.05 Å². The number of ether oxygens (including phenoxy) is 2. The molecule has 2 aromatic heterocycles. The van der Waals surface area contributed by atoms with E-state index in [4.69, 9.17) is 19.4 Å². The molecular weight excluding hydrogens is 470 g/mol. The number of hydrogen-bond acceptors (Lipinski definition) is 8. The average molecular weight is 506 g/mol. The zero-order valence-corrected chi connectivity index (χ0v) is 22.1. The fraction of sp³-hybridized carbons (Fsp3) is 0.481. The summed E-state index contributed by atoms with van der Waals surface area (Å²) in [6.07, 6.45) is 3.70. The molecule has 10 nitrogen and oxygen atoms in total. The smallest absolute Gasteiger partial charge is 0.272 e. The zero-order valence-electron chi connectivity index (χ0n) is 22.1. The summed E-state index contributed by atoms with van der Waals surface area (Å²) in [5.74, 6) is 3.10. The van der Waals surface area contributed by atoms with Gasteiger partial charge in [0.1, 0.15) is 23.0 Å². The van der Waals surface area contributed by atoms with Gasteiger partial charge in [-0.05, 0) is 50.5 Å². The van der Waals surface area contributed by atoms with Crippen molar-refractivity contribution in [3.63, 3.8) is 0 Å². The van der Waals surface area contributed by atoms with Crippen LogP contribution >= 0.6 is 0 Å². The number of benzene rings is 1.